The minimum absolute atomic E-state index is 0.0194. The van der Waals surface area contributed by atoms with Crippen LogP contribution in [0.25, 0.3) is 0 Å². The fourth-order valence-electron chi connectivity index (χ4n) is 0.788. The third-order valence-corrected chi connectivity index (χ3v) is 2.42. The summed E-state index contributed by atoms with van der Waals surface area (Å²) in [6.07, 6.45) is 0. The van der Waals surface area contributed by atoms with Crippen molar-refractivity contribution in [3.8, 4) is 0 Å². The van der Waals surface area contributed by atoms with E-state index in [2.05, 4.69) is 14.9 Å². The molecule has 0 aliphatic rings. The predicted octanol–water partition coefficient (Wildman–Crippen LogP) is -0.0765. The van der Waals surface area contributed by atoms with Gasteiger partial charge in [0.25, 0.3) is 5.91 Å². The number of rotatable bonds is 3. The summed E-state index contributed by atoms with van der Waals surface area (Å²) in [5, 5.41) is 6.49. The van der Waals surface area contributed by atoms with Gasteiger partial charge in [0, 0.05) is 12.6 Å². The molecule has 72 valence electrons. The van der Waals surface area contributed by atoms with Crippen LogP contribution in [-0.4, -0.2) is 28.1 Å². The average molecular weight is 200 g/mol. The standard InChI is InChI=1S/C7H12N4OS/c1-4(3-8)9-7(12)6-5(2)10-11-13-6/h4H,3,8H2,1-2H3,(H,9,12). The average Bonchev–Trinajstić information content (AvgIpc) is 2.51. The lowest BCUT2D eigenvalue weighted by Gasteiger charge is -2.09. The lowest BCUT2D eigenvalue weighted by Crippen LogP contribution is -2.37. The maximum absolute atomic E-state index is 11.5. The topological polar surface area (TPSA) is 80.9 Å². The Labute approximate surface area is 80.5 Å². The Kier molecular flexibility index (Phi) is 3.32. The number of amides is 1. The maximum Gasteiger partial charge on any atom is 0.265 e. The summed E-state index contributed by atoms with van der Waals surface area (Å²) in [5.74, 6) is -0.148. The highest BCUT2D eigenvalue weighted by Gasteiger charge is 2.14. The Bertz CT molecular complexity index is 298. The van der Waals surface area contributed by atoms with Crippen molar-refractivity contribution in [2.75, 3.05) is 6.54 Å². The van der Waals surface area contributed by atoms with Crippen LogP contribution in [0, 0.1) is 6.92 Å². The van der Waals surface area contributed by atoms with Gasteiger partial charge in [-0.05, 0) is 25.4 Å². The quantitative estimate of drug-likeness (QED) is 0.715. The fraction of sp³-hybridized carbons (Fsp3) is 0.571. The van der Waals surface area contributed by atoms with Crippen LogP contribution < -0.4 is 11.1 Å². The van der Waals surface area contributed by atoms with Gasteiger partial charge in [-0.25, -0.2) is 0 Å². The van der Waals surface area contributed by atoms with Crippen LogP contribution in [0.3, 0.4) is 0 Å². The van der Waals surface area contributed by atoms with E-state index in [0.29, 0.717) is 17.1 Å². The molecule has 0 bridgehead atoms. The summed E-state index contributed by atoms with van der Waals surface area (Å²) in [6.45, 7) is 4.03. The molecule has 1 heterocycles. The number of nitrogens with two attached hydrogens (primary N) is 1. The van der Waals surface area contributed by atoms with Crippen LogP contribution in [0.15, 0.2) is 0 Å². The van der Waals surface area contributed by atoms with Crippen molar-refractivity contribution in [2.24, 2.45) is 5.73 Å². The van der Waals surface area contributed by atoms with Gasteiger partial charge in [0.2, 0.25) is 0 Å². The molecule has 0 aliphatic carbocycles. The normalized spacial score (nSPS) is 12.5. The number of nitrogens with one attached hydrogen (secondary N) is 1. The smallest absolute Gasteiger partial charge is 0.265 e. The highest BCUT2D eigenvalue weighted by molar-refractivity contribution is 7.07. The Morgan fingerprint density at radius 2 is 2.46 bits per heavy atom. The van der Waals surface area contributed by atoms with Gasteiger partial charge in [0.05, 0.1) is 5.69 Å². The molecule has 6 heteroatoms. The first kappa shape index (κ1) is 10.1. The molecule has 0 aliphatic heterocycles. The van der Waals surface area contributed by atoms with Crippen LogP contribution in [0.2, 0.25) is 0 Å². The molecule has 3 N–H and O–H groups in total. The van der Waals surface area contributed by atoms with Gasteiger partial charge < -0.3 is 11.1 Å². The second-order valence-corrected chi connectivity index (χ2v) is 3.55. The zero-order valence-electron chi connectivity index (χ0n) is 7.57. The van der Waals surface area contributed by atoms with E-state index in [1.54, 1.807) is 6.92 Å². The number of hydrogen-bond donors (Lipinski definition) is 2. The van der Waals surface area contributed by atoms with Crippen molar-refractivity contribution in [1.82, 2.24) is 14.9 Å². The first-order valence-corrected chi connectivity index (χ1v) is 4.72. The molecule has 0 saturated carbocycles. The van der Waals surface area contributed by atoms with Gasteiger partial charge in [-0.2, -0.15) is 0 Å². The second-order valence-electron chi connectivity index (χ2n) is 2.80. The van der Waals surface area contributed by atoms with E-state index in [4.69, 9.17) is 5.73 Å². The predicted molar refractivity (Wildman–Crippen MR) is 50.6 cm³/mol. The summed E-state index contributed by atoms with van der Waals surface area (Å²) in [7, 11) is 0. The van der Waals surface area contributed by atoms with E-state index >= 15 is 0 Å². The van der Waals surface area contributed by atoms with Gasteiger partial charge >= 0.3 is 0 Å². The molecule has 0 fully saturated rings. The van der Waals surface area contributed by atoms with Gasteiger partial charge in [-0.15, -0.1) is 5.10 Å². The molecule has 1 amide bonds. The van der Waals surface area contributed by atoms with E-state index in [1.165, 1.54) is 0 Å². The van der Waals surface area contributed by atoms with Crippen molar-refractivity contribution < 1.29 is 4.79 Å². The Morgan fingerprint density at radius 1 is 1.77 bits per heavy atom. The number of hydrogen-bond acceptors (Lipinski definition) is 5. The Hall–Kier alpha value is -1.01. The summed E-state index contributed by atoms with van der Waals surface area (Å²) in [4.78, 5) is 12.0. The third kappa shape index (κ3) is 2.46. The molecule has 1 unspecified atom stereocenters. The molecule has 0 radical (unpaired) electrons. The molecule has 1 aromatic heterocycles. The largest absolute Gasteiger partial charge is 0.348 e. The fourth-order valence-corrected chi connectivity index (χ4v) is 1.35. The molecule has 5 nitrogen and oxygen atoms in total. The van der Waals surface area contributed by atoms with E-state index in [-0.39, 0.29) is 11.9 Å². The zero-order valence-corrected chi connectivity index (χ0v) is 8.39. The van der Waals surface area contributed by atoms with Crippen molar-refractivity contribution in [3.63, 3.8) is 0 Å². The lowest BCUT2D eigenvalue weighted by molar-refractivity contribution is 0.0944. The first-order chi connectivity index (χ1) is 6.15. The van der Waals surface area contributed by atoms with Gasteiger partial charge in [0.1, 0.15) is 4.88 Å². The Morgan fingerprint density at radius 3 is 2.92 bits per heavy atom. The minimum atomic E-state index is -0.148. The van der Waals surface area contributed by atoms with Crippen molar-refractivity contribution in [3.05, 3.63) is 10.6 Å². The van der Waals surface area contributed by atoms with Crippen molar-refractivity contribution in [1.29, 1.82) is 0 Å². The van der Waals surface area contributed by atoms with Gasteiger partial charge in [0.15, 0.2) is 0 Å². The van der Waals surface area contributed by atoms with Gasteiger partial charge in [-0.3, -0.25) is 4.79 Å². The van der Waals surface area contributed by atoms with E-state index < -0.39 is 0 Å². The first-order valence-electron chi connectivity index (χ1n) is 3.95. The van der Waals surface area contributed by atoms with E-state index in [1.807, 2.05) is 6.92 Å². The van der Waals surface area contributed by atoms with Crippen LogP contribution in [0.1, 0.15) is 22.3 Å². The third-order valence-electron chi connectivity index (χ3n) is 1.59. The number of nitrogens with zero attached hydrogens (tertiary/aromatic N) is 2. The van der Waals surface area contributed by atoms with E-state index in [0.717, 1.165) is 11.5 Å². The van der Waals surface area contributed by atoms with Crippen LogP contribution >= 0.6 is 11.5 Å². The summed E-state index contributed by atoms with van der Waals surface area (Å²) < 4.78 is 3.68. The van der Waals surface area contributed by atoms with Crippen molar-refractivity contribution in [2.45, 2.75) is 19.9 Å². The molecule has 0 aromatic carbocycles. The number of carbonyl (C=O) groups is 1. The van der Waals surface area contributed by atoms with Crippen molar-refractivity contribution >= 4 is 17.4 Å². The number of aryl methyl sites for hydroxylation is 1. The molecule has 1 atom stereocenters. The maximum atomic E-state index is 11.5. The second kappa shape index (κ2) is 4.29. The molecule has 0 spiro atoms. The zero-order chi connectivity index (χ0) is 9.84. The van der Waals surface area contributed by atoms with Crippen LogP contribution in [-0.2, 0) is 0 Å². The Balaban J connectivity index is 2.64. The molecule has 1 rings (SSSR count). The molecule has 1 aromatic rings. The number of carbonyl (C=O) groups excluding carboxylic acids is 1. The highest BCUT2D eigenvalue weighted by atomic mass is 32.1. The monoisotopic (exact) mass is 200 g/mol. The summed E-state index contributed by atoms with van der Waals surface area (Å²) in [5.41, 5.74) is 6.03. The van der Waals surface area contributed by atoms with Crippen LogP contribution in [0.4, 0.5) is 0 Å². The molecular weight excluding hydrogens is 188 g/mol. The highest BCUT2D eigenvalue weighted by Crippen LogP contribution is 2.08. The van der Waals surface area contributed by atoms with Gasteiger partial charge in [-0.1, -0.05) is 4.49 Å². The minimum Gasteiger partial charge on any atom is -0.348 e. The summed E-state index contributed by atoms with van der Waals surface area (Å²) in [6, 6.07) is -0.0194. The SMILES string of the molecule is Cc1nnsc1C(=O)NC(C)CN. The number of aromatic nitrogens is 2. The molecular formula is C7H12N4OS. The van der Waals surface area contributed by atoms with E-state index in [9.17, 15) is 4.79 Å². The molecule has 0 saturated heterocycles. The lowest BCUT2D eigenvalue weighted by atomic mass is 10.3. The van der Waals surface area contributed by atoms with Crippen LogP contribution in [0.5, 0.6) is 0 Å². The summed E-state index contributed by atoms with van der Waals surface area (Å²) >= 11 is 1.10. The molecule has 13 heavy (non-hydrogen) atoms.